The first-order valence-electron chi connectivity index (χ1n) is 5.40. The summed E-state index contributed by atoms with van der Waals surface area (Å²) in [6, 6.07) is 0. The quantitative estimate of drug-likeness (QED) is 0.626. The summed E-state index contributed by atoms with van der Waals surface area (Å²) in [7, 11) is 0. The Kier molecular flexibility index (Phi) is 3.50. The van der Waals surface area contributed by atoms with Crippen molar-refractivity contribution in [2.45, 2.75) is 45.6 Å². The fraction of sp³-hybridized carbons (Fsp3) is 0.818. The van der Waals surface area contributed by atoms with E-state index in [-0.39, 0.29) is 4.48 Å². The Morgan fingerprint density at radius 2 is 1.73 bits per heavy atom. The number of likely N-dealkylation sites (tertiary alicyclic amines) is 1. The van der Waals surface area contributed by atoms with Gasteiger partial charge in [-0.05, 0) is 40.0 Å². The minimum atomic E-state index is -0.545. The molecule has 1 aliphatic heterocycles. The molecule has 0 saturated carbocycles. The largest absolute Gasteiger partial charge is 0.524 e. The van der Waals surface area contributed by atoms with Gasteiger partial charge in [0.2, 0.25) is 0 Å². The van der Waals surface area contributed by atoms with E-state index in [0.29, 0.717) is 13.1 Å². The van der Waals surface area contributed by atoms with Crippen LogP contribution in [0.15, 0.2) is 0 Å². The second-order valence-corrected chi connectivity index (χ2v) is 5.05. The smallest absolute Gasteiger partial charge is 0.414 e. The Bertz CT molecular complexity index is 249. The second-order valence-electron chi connectivity index (χ2n) is 5.05. The van der Waals surface area contributed by atoms with Crippen LogP contribution in [-0.2, 0) is 9.53 Å². The number of carbonyl (C=O) groups excluding carboxylic acids is 2. The summed E-state index contributed by atoms with van der Waals surface area (Å²) >= 11 is 0. The molecule has 1 heterocycles. The van der Waals surface area contributed by atoms with Crippen LogP contribution in [0.1, 0.15) is 40.0 Å². The van der Waals surface area contributed by atoms with E-state index in [1.807, 2.05) is 6.41 Å². The Morgan fingerprint density at radius 3 is 2.13 bits per heavy atom. The number of nitrogens with zero attached hydrogens (tertiary/aromatic N) is 1. The molecule has 4 heteroatoms. The van der Waals surface area contributed by atoms with E-state index in [1.165, 1.54) is 0 Å². The molecule has 1 radical (unpaired) electrons. The van der Waals surface area contributed by atoms with Gasteiger partial charge in [0, 0.05) is 0 Å². The van der Waals surface area contributed by atoms with Crippen LogP contribution in [0.3, 0.4) is 0 Å². The standard InChI is InChI=1S/C11H19NO3/c1-11(2,3)15-10(14)12(9-13)7-5-4-6-8-12/h4-8H2,1-3H3/q+1. The lowest BCUT2D eigenvalue weighted by atomic mass is 10.1. The van der Waals surface area contributed by atoms with Crippen LogP contribution in [0.2, 0.25) is 0 Å². The molecule has 4 nitrogen and oxygen atoms in total. The summed E-state index contributed by atoms with van der Waals surface area (Å²) in [6.07, 6.45) is 4.23. The lowest BCUT2D eigenvalue weighted by Crippen LogP contribution is -2.56. The highest BCUT2D eigenvalue weighted by Gasteiger charge is 2.43. The predicted molar refractivity (Wildman–Crippen MR) is 55.8 cm³/mol. The first-order valence-corrected chi connectivity index (χ1v) is 5.40. The van der Waals surface area contributed by atoms with Gasteiger partial charge in [-0.15, -0.1) is 4.48 Å². The van der Waals surface area contributed by atoms with Gasteiger partial charge in [0.15, 0.2) is 0 Å². The zero-order valence-corrected chi connectivity index (χ0v) is 9.71. The number of piperidine rings is 1. The lowest BCUT2D eigenvalue weighted by molar-refractivity contribution is -0.772. The highest BCUT2D eigenvalue weighted by Crippen LogP contribution is 2.21. The average molecular weight is 213 g/mol. The molecule has 0 aliphatic carbocycles. The third-order valence-corrected chi connectivity index (χ3v) is 2.50. The summed E-state index contributed by atoms with van der Waals surface area (Å²) in [6.45, 7) is 6.46. The van der Waals surface area contributed by atoms with Gasteiger partial charge in [-0.2, -0.15) is 4.79 Å². The van der Waals surface area contributed by atoms with E-state index in [1.54, 1.807) is 20.8 Å². The number of rotatable bonds is 1. The van der Waals surface area contributed by atoms with E-state index in [0.717, 1.165) is 19.3 Å². The van der Waals surface area contributed by atoms with Crippen LogP contribution in [0.5, 0.6) is 0 Å². The van der Waals surface area contributed by atoms with E-state index in [2.05, 4.69) is 0 Å². The molecule has 0 unspecified atom stereocenters. The fourth-order valence-electron chi connectivity index (χ4n) is 1.71. The van der Waals surface area contributed by atoms with E-state index >= 15 is 0 Å². The van der Waals surface area contributed by atoms with Crippen molar-refractivity contribution < 1.29 is 18.8 Å². The average Bonchev–Trinajstić information content (AvgIpc) is 2.16. The Morgan fingerprint density at radius 1 is 1.20 bits per heavy atom. The van der Waals surface area contributed by atoms with Crippen LogP contribution in [0, 0.1) is 0 Å². The van der Waals surface area contributed by atoms with Crippen LogP contribution in [0.25, 0.3) is 0 Å². The maximum absolute atomic E-state index is 11.9. The zero-order valence-electron chi connectivity index (χ0n) is 9.71. The topological polar surface area (TPSA) is 43.4 Å². The van der Waals surface area contributed by atoms with Gasteiger partial charge in [-0.25, -0.2) is 4.79 Å². The molecule has 1 aliphatic rings. The summed E-state index contributed by atoms with van der Waals surface area (Å²) < 4.78 is 4.96. The van der Waals surface area contributed by atoms with Crippen LogP contribution < -0.4 is 0 Å². The van der Waals surface area contributed by atoms with Crippen molar-refractivity contribution in [3.8, 4) is 0 Å². The van der Waals surface area contributed by atoms with Crippen molar-refractivity contribution in [1.29, 1.82) is 0 Å². The van der Waals surface area contributed by atoms with E-state index < -0.39 is 11.7 Å². The van der Waals surface area contributed by atoms with Crippen LogP contribution in [-0.4, -0.2) is 35.7 Å². The predicted octanol–water partition coefficient (Wildman–Crippen LogP) is 1.99. The zero-order chi connectivity index (χ0) is 11.5. The summed E-state index contributed by atoms with van der Waals surface area (Å²) in [5.41, 5.74) is -0.545. The van der Waals surface area contributed by atoms with Crippen LogP contribution >= 0.6 is 0 Å². The third-order valence-electron chi connectivity index (χ3n) is 2.50. The van der Waals surface area contributed by atoms with E-state index in [4.69, 9.17) is 4.74 Å². The van der Waals surface area contributed by atoms with Crippen molar-refractivity contribution >= 4 is 12.5 Å². The number of amides is 2. The molecule has 0 aromatic rings. The molecule has 0 bridgehead atoms. The maximum Gasteiger partial charge on any atom is 0.524 e. The first-order chi connectivity index (χ1) is 6.90. The summed E-state index contributed by atoms with van der Waals surface area (Å²) in [4.78, 5) is 22.8. The van der Waals surface area contributed by atoms with Gasteiger partial charge in [0.05, 0.1) is 13.1 Å². The summed E-state index contributed by atoms with van der Waals surface area (Å²) in [5.74, 6) is 0. The molecular weight excluding hydrogens is 194 g/mol. The molecule has 1 saturated heterocycles. The van der Waals surface area contributed by atoms with Crippen molar-refractivity contribution in [2.75, 3.05) is 13.1 Å². The Balaban J connectivity index is 2.73. The number of hydrogen-bond acceptors (Lipinski definition) is 3. The van der Waals surface area contributed by atoms with Gasteiger partial charge < -0.3 is 4.74 Å². The second kappa shape index (κ2) is 4.31. The number of carbonyl (C=O) groups is 1. The molecule has 2 amide bonds. The first kappa shape index (κ1) is 12.2. The van der Waals surface area contributed by atoms with E-state index in [9.17, 15) is 9.59 Å². The lowest BCUT2D eigenvalue weighted by Gasteiger charge is -2.32. The minimum Gasteiger partial charge on any atom is -0.414 e. The monoisotopic (exact) mass is 213 g/mol. The molecule has 0 aromatic heterocycles. The minimum absolute atomic E-state index is 0.280. The molecule has 0 N–H and O–H groups in total. The fourth-order valence-corrected chi connectivity index (χ4v) is 1.71. The number of imide groups is 1. The molecule has 1 fully saturated rings. The van der Waals surface area contributed by atoms with Gasteiger partial charge in [0.25, 0.3) is 0 Å². The highest BCUT2D eigenvalue weighted by molar-refractivity contribution is 5.69. The molecule has 0 atom stereocenters. The molecule has 1 rings (SSSR count). The van der Waals surface area contributed by atoms with Crippen molar-refractivity contribution in [3.05, 3.63) is 0 Å². The SMILES string of the molecule is CC(C)(C)OC(=O)[N+]1([C]=O)CCCCC1. The Labute approximate surface area is 90.8 Å². The molecule has 15 heavy (non-hydrogen) atoms. The normalized spacial score (nSPS) is 20.7. The molecule has 85 valence electrons. The molecule has 0 aromatic carbocycles. The van der Waals surface area contributed by atoms with Crippen molar-refractivity contribution in [2.24, 2.45) is 0 Å². The Hall–Kier alpha value is -0.900. The number of hydrogen-bond donors (Lipinski definition) is 0. The molecular formula is C11H19NO3+. The third kappa shape index (κ3) is 3.02. The van der Waals surface area contributed by atoms with Crippen molar-refractivity contribution in [3.63, 3.8) is 0 Å². The van der Waals surface area contributed by atoms with Gasteiger partial charge in [0.1, 0.15) is 5.60 Å². The van der Waals surface area contributed by atoms with Crippen molar-refractivity contribution in [1.82, 2.24) is 0 Å². The van der Waals surface area contributed by atoms with Gasteiger partial charge >= 0.3 is 12.5 Å². The number of ether oxygens (including phenoxy) is 1. The van der Waals surface area contributed by atoms with Gasteiger partial charge in [-0.3, -0.25) is 0 Å². The maximum atomic E-state index is 11.9. The number of quaternary nitrogens is 1. The highest BCUT2D eigenvalue weighted by atomic mass is 16.6. The molecule has 0 spiro atoms. The van der Waals surface area contributed by atoms with Gasteiger partial charge in [-0.1, -0.05) is 0 Å². The summed E-state index contributed by atoms with van der Waals surface area (Å²) in [5, 5.41) is 0. The van der Waals surface area contributed by atoms with Crippen LogP contribution in [0.4, 0.5) is 4.79 Å².